The molecule has 168 valence electrons. The number of fused-ring (bicyclic) bond motifs is 1. The third kappa shape index (κ3) is 6.08. The van der Waals surface area contributed by atoms with Gasteiger partial charge in [-0.3, -0.25) is 9.78 Å². The second kappa shape index (κ2) is 11.6. The van der Waals surface area contributed by atoms with Crippen molar-refractivity contribution in [1.29, 1.82) is 0 Å². The molecule has 1 N–H and O–H groups in total. The molecule has 2 aliphatic carbocycles. The highest BCUT2D eigenvalue weighted by atomic mass is 16.1. The van der Waals surface area contributed by atoms with Gasteiger partial charge in [0.05, 0.1) is 17.4 Å². The summed E-state index contributed by atoms with van der Waals surface area (Å²) in [5.74, 6) is 0.895. The van der Waals surface area contributed by atoms with Crippen molar-refractivity contribution in [2.24, 2.45) is 5.92 Å². The maximum absolute atomic E-state index is 13.4. The van der Waals surface area contributed by atoms with Gasteiger partial charge >= 0.3 is 0 Å². The van der Waals surface area contributed by atoms with Crippen LogP contribution in [0.15, 0.2) is 30.5 Å². The molecule has 2 saturated carbocycles. The highest BCUT2D eigenvalue weighted by Crippen LogP contribution is 2.39. The van der Waals surface area contributed by atoms with Gasteiger partial charge in [-0.05, 0) is 43.2 Å². The van der Waals surface area contributed by atoms with Crippen LogP contribution in [0.1, 0.15) is 114 Å². The first kappa shape index (κ1) is 22.3. The van der Waals surface area contributed by atoms with Crippen LogP contribution in [0, 0.1) is 5.92 Å². The number of pyridine rings is 1. The van der Waals surface area contributed by atoms with E-state index < -0.39 is 0 Å². The molecule has 4 rings (SSSR count). The SMILES string of the molecule is O=C(Nc1cnc2ccccc2c1C1CCCCCCC1)C1CCCCCCCCC1. The highest BCUT2D eigenvalue weighted by molar-refractivity contribution is 5.97. The van der Waals surface area contributed by atoms with E-state index in [-0.39, 0.29) is 11.8 Å². The van der Waals surface area contributed by atoms with Crippen LogP contribution in [0.2, 0.25) is 0 Å². The predicted molar refractivity (Wildman–Crippen MR) is 130 cm³/mol. The van der Waals surface area contributed by atoms with Crippen LogP contribution in [0.3, 0.4) is 0 Å². The summed E-state index contributed by atoms with van der Waals surface area (Å²) in [4.78, 5) is 18.1. The van der Waals surface area contributed by atoms with Crippen molar-refractivity contribution in [2.75, 3.05) is 5.32 Å². The van der Waals surface area contributed by atoms with E-state index in [0.717, 1.165) is 24.0 Å². The van der Waals surface area contributed by atoms with Gasteiger partial charge in [-0.15, -0.1) is 0 Å². The number of carbonyl (C=O) groups is 1. The predicted octanol–water partition coefficient (Wildman–Crippen LogP) is 8.14. The van der Waals surface area contributed by atoms with Gasteiger partial charge in [0.15, 0.2) is 0 Å². The molecule has 0 unspecified atom stereocenters. The highest BCUT2D eigenvalue weighted by Gasteiger charge is 2.24. The second-order valence-corrected chi connectivity index (χ2v) is 9.88. The molecule has 2 fully saturated rings. The third-order valence-electron chi connectivity index (χ3n) is 7.56. The number of aromatic nitrogens is 1. The van der Waals surface area contributed by atoms with Crippen LogP contribution in [0.5, 0.6) is 0 Å². The summed E-state index contributed by atoms with van der Waals surface area (Å²) >= 11 is 0. The fourth-order valence-electron chi connectivity index (χ4n) is 5.75. The van der Waals surface area contributed by atoms with Gasteiger partial charge in [0.1, 0.15) is 0 Å². The van der Waals surface area contributed by atoms with E-state index in [0.29, 0.717) is 5.92 Å². The molecule has 1 amide bonds. The van der Waals surface area contributed by atoms with Gasteiger partial charge in [0.25, 0.3) is 0 Å². The first-order valence-corrected chi connectivity index (χ1v) is 13.0. The van der Waals surface area contributed by atoms with Crippen molar-refractivity contribution in [1.82, 2.24) is 4.98 Å². The van der Waals surface area contributed by atoms with Crippen molar-refractivity contribution in [2.45, 2.75) is 109 Å². The molecular weight excluding hydrogens is 380 g/mol. The number of carbonyl (C=O) groups excluding carboxylic acids is 1. The lowest BCUT2D eigenvalue weighted by Crippen LogP contribution is -2.24. The number of anilines is 1. The molecule has 0 radical (unpaired) electrons. The van der Waals surface area contributed by atoms with Crippen molar-refractivity contribution >= 4 is 22.5 Å². The Labute approximate surface area is 188 Å². The lowest BCUT2D eigenvalue weighted by atomic mass is 9.83. The Morgan fingerprint density at radius 2 is 1.29 bits per heavy atom. The number of nitrogens with zero attached hydrogens (tertiary/aromatic N) is 1. The summed E-state index contributed by atoms with van der Waals surface area (Å²) in [5, 5.41) is 4.62. The summed E-state index contributed by atoms with van der Waals surface area (Å²) in [6.45, 7) is 0. The minimum absolute atomic E-state index is 0.148. The van der Waals surface area contributed by atoms with Gasteiger partial charge in [-0.1, -0.05) is 95.2 Å². The normalized spacial score (nSPS) is 20.6. The zero-order valence-corrected chi connectivity index (χ0v) is 19.2. The second-order valence-electron chi connectivity index (χ2n) is 9.88. The Bertz CT molecular complexity index is 828. The molecule has 1 aromatic carbocycles. The molecular formula is C28H40N2O. The first-order chi connectivity index (χ1) is 15.3. The Morgan fingerprint density at radius 1 is 0.742 bits per heavy atom. The first-order valence-electron chi connectivity index (χ1n) is 13.0. The molecule has 0 bridgehead atoms. The number of nitrogens with one attached hydrogen (secondary N) is 1. The molecule has 0 spiro atoms. The topological polar surface area (TPSA) is 42.0 Å². The lowest BCUT2D eigenvalue weighted by Gasteiger charge is -2.25. The van der Waals surface area contributed by atoms with Gasteiger partial charge < -0.3 is 5.32 Å². The molecule has 3 nitrogen and oxygen atoms in total. The zero-order chi connectivity index (χ0) is 21.3. The van der Waals surface area contributed by atoms with Gasteiger partial charge in [0.2, 0.25) is 5.91 Å². The van der Waals surface area contributed by atoms with Crippen LogP contribution >= 0.6 is 0 Å². The fraction of sp³-hybridized carbons (Fsp3) is 0.643. The molecule has 0 saturated heterocycles. The van der Waals surface area contributed by atoms with Gasteiger partial charge in [-0.2, -0.15) is 0 Å². The number of amides is 1. The average molecular weight is 421 g/mol. The Balaban J connectivity index is 1.59. The maximum atomic E-state index is 13.4. The van der Waals surface area contributed by atoms with Crippen molar-refractivity contribution < 1.29 is 4.79 Å². The number of hydrogen-bond donors (Lipinski definition) is 1. The molecule has 1 heterocycles. The number of para-hydroxylation sites is 1. The number of benzene rings is 1. The number of rotatable bonds is 3. The summed E-state index contributed by atoms with van der Waals surface area (Å²) in [7, 11) is 0. The van der Waals surface area contributed by atoms with E-state index in [2.05, 4.69) is 29.6 Å². The summed E-state index contributed by atoms with van der Waals surface area (Å²) in [6.07, 6.45) is 22.0. The van der Waals surface area contributed by atoms with Crippen molar-refractivity contribution in [3.8, 4) is 0 Å². The molecule has 31 heavy (non-hydrogen) atoms. The maximum Gasteiger partial charge on any atom is 0.227 e. The van der Waals surface area contributed by atoms with E-state index >= 15 is 0 Å². The van der Waals surface area contributed by atoms with Crippen LogP contribution in [0.4, 0.5) is 5.69 Å². The number of hydrogen-bond acceptors (Lipinski definition) is 2. The summed E-state index contributed by atoms with van der Waals surface area (Å²) in [5.41, 5.74) is 3.38. The van der Waals surface area contributed by atoms with E-state index in [1.165, 1.54) is 101 Å². The average Bonchev–Trinajstić information content (AvgIpc) is 2.77. The van der Waals surface area contributed by atoms with Crippen LogP contribution in [-0.4, -0.2) is 10.9 Å². The minimum Gasteiger partial charge on any atom is -0.324 e. The van der Waals surface area contributed by atoms with E-state index in [1.807, 2.05) is 6.20 Å². The van der Waals surface area contributed by atoms with Crippen molar-refractivity contribution in [3.63, 3.8) is 0 Å². The third-order valence-corrected chi connectivity index (χ3v) is 7.56. The Morgan fingerprint density at radius 3 is 1.94 bits per heavy atom. The minimum atomic E-state index is 0.148. The largest absolute Gasteiger partial charge is 0.324 e. The molecule has 0 atom stereocenters. The van der Waals surface area contributed by atoms with Crippen LogP contribution < -0.4 is 5.32 Å². The van der Waals surface area contributed by atoms with Crippen LogP contribution in [-0.2, 0) is 4.79 Å². The fourth-order valence-corrected chi connectivity index (χ4v) is 5.75. The van der Waals surface area contributed by atoms with Crippen molar-refractivity contribution in [3.05, 3.63) is 36.0 Å². The van der Waals surface area contributed by atoms with E-state index in [4.69, 9.17) is 4.98 Å². The molecule has 3 heteroatoms. The molecule has 2 aliphatic rings. The van der Waals surface area contributed by atoms with E-state index in [9.17, 15) is 4.79 Å². The monoisotopic (exact) mass is 420 g/mol. The standard InChI is InChI=1S/C28H40N2O/c31-28(23-17-11-5-2-1-3-6-12-18-23)30-26-21-29-25-20-14-13-19-24(25)27(26)22-15-9-7-4-8-10-16-22/h13-14,19-23H,1-12,15-18H2,(H,30,31). The Kier molecular flexibility index (Phi) is 8.38. The van der Waals surface area contributed by atoms with Crippen LogP contribution in [0.25, 0.3) is 10.9 Å². The Hall–Kier alpha value is -1.90. The summed E-state index contributed by atoms with van der Waals surface area (Å²) in [6, 6.07) is 8.49. The van der Waals surface area contributed by atoms with E-state index in [1.54, 1.807) is 0 Å². The molecule has 0 aliphatic heterocycles. The smallest absolute Gasteiger partial charge is 0.227 e. The molecule has 2 aromatic rings. The van der Waals surface area contributed by atoms with Gasteiger partial charge in [-0.25, -0.2) is 0 Å². The lowest BCUT2D eigenvalue weighted by molar-refractivity contribution is -0.120. The summed E-state index contributed by atoms with van der Waals surface area (Å²) < 4.78 is 0. The molecule has 1 aromatic heterocycles. The van der Waals surface area contributed by atoms with Gasteiger partial charge in [0, 0.05) is 11.3 Å². The zero-order valence-electron chi connectivity index (χ0n) is 19.2. The quantitative estimate of drug-likeness (QED) is 0.544.